The Labute approximate surface area is 237 Å². The van der Waals surface area contributed by atoms with Crippen LogP contribution in [0.2, 0.25) is 0 Å². The molecule has 0 aliphatic heterocycles. The zero-order valence-corrected chi connectivity index (χ0v) is 23.8. The molecule has 41 heavy (non-hydrogen) atoms. The van der Waals surface area contributed by atoms with Crippen LogP contribution in [0, 0.1) is 43.4 Å². The first-order valence-electron chi connectivity index (χ1n) is 12.9. The summed E-state index contributed by atoms with van der Waals surface area (Å²) in [6.45, 7) is 11.3. The van der Waals surface area contributed by atoms with Crippen LogP contribution in [0.5, 0.6) is 0 Å². The summed E-state index contributed by atoms with van der Waals surface area (Å²) >= 11 is 0. The Bertz CT molecular complexity index is 1730. The Morgan fingerprint density at radius 3 is 2.49 bits per heavy atom. The molecule has 11 nitrogen and oxygen atoms in total. The van der Waals surface area contributed by atoms with Gasteiger partial charge in [-0.2, -0.15) is 15.6 Å². The van der Waals surface area contributed by atoms with E-state index in [2.05, 4.69) is 31.8 Å². The fourth-order valence-corrected chi connectivity index (χ4v) is 4.40. The van der Waals surface area contributed by atoms with Crippen LogP contribution in [-0.4, -0.2) is 37.3 Å². The predicted molar refractivity (Wildman–Crippen MR) is 152 cm³/mol. The lowest BCUT2D eigenvalue weighted by Gasteiger charge is -2.20. The first-order chi connectivity index (χ1) is 19.4. The smallest absolute Gasteiger partial charge is 0.413 e. The van der Waals surface area contributed by atoms with Crippen molar-refractivity contribution >= 4 is 28.7 Å². The number of carbonyl (C=O) groups excluding carboxylic acids is 2. The SMILES string of the molecule is Cc1cnc2c(C#N)cc(Cn3cc(C(=O)NCc4c(C)cc(NC(=O)OC(C)(C)C)nc4C)c(C#N)n3)cc2c1. The van der Waals surface area contributed by atoms with Crippen LogP contribution in [0.4, 0.5) is 10.6 Å². The molecule has 0 spiro atoms. The number of nitriles is 2. The minimum absolute atomic E-state index is 0.00946. The van der Waals surface area contributed by atoms with Crippen LogP contribution in [0.25, 0.3) is 10.9 Å². The monoisotopic (exact) mass is 550 g/mol. The molecule has 0 aliphatic rings. The Balaban J connectivity index is 1.49. The maximum atomic E-state index is 13.1. The second-order valence-corrected chi connectivity index (χ2v) is 10.7. The quantitative estimate of drug-likeness (QED) is 0.346. The van der Waals surface area contributed by atoms with Crippen molar-refractivity contribution < 1.29 is 14.3 Å². The van der Waals surface area contributed by atoms with E-state index in [1.165, 1.54) is 10.9 Å². The van der Waals surface area contributed by atoms with Gasteiger partial charge >= 0.3 is 6.09 Å². The third-order valence-corrected chi connectivity index (χ3v) is 6.17. The zero-order valence-electron chi connectivity index (χ0n) is 23.8. The van der Waals surface area contributed by atoms with E-state index < -0.39 is 17.6 Å². The number of carbonyl (C=O) groups is 2. The van der Waals surface area contributed by atoms with Crippen LogP contribution in [-0.2, 0) is 17.8 Å². The molecule has 0 saturated heterocycles. The highest BCUT2D eigenvalue weighted by molar-refractivity contribution is 5.96. The van der Waals surface area contributed by atoms with Gasteiger partial charge in [0, 0.05) is 30.0 Å². The van der Waals surface area contributed by atoms with Crippen LogP contribution in [0.1, 0.15) is 70.3 Å². The maximum Gasteiger partial charge on any atom is 0.413 e. The second kappa shape index (κ2) is 11.4. The van der Waals surface area contributed by atoms with Gasteiger partial charge in [0.05, 0.1) is 23.2 Å². The topological polar surface area (TPSA) is 159 Å². The van der Waals surface area contributed by atoms with E-state index in [9.17, 15) is 20.1 Å². The summed E-state index contributed by atoms with van der Waals surface area (Å²) in [5, 5.41) is 29.8. The van der Waals surface area contributed by atoms with Gasteiger partial charge in [0.15, 0.2) is 5.69 Å². The van der Waals surface area contributed by atoms with Crippen molar-refractivity contribution in [2.24, 2.45) is 0 Å². The van der Waals surface area contributed by atoms with Gasteiger partial charge in [-0.05, 0) is 88.1 Å². The largest absolute Gasteiger partial charge is 0.444 e. The molecule has 3 aromatic heterocycles. The first-order valence-corrected chi connectivity index (χ1v) is 12.9. The Kier molecular flexibility index (Phi) is 8.01. The summed E-state index contributed by atoms with van der Waals surface area (Å²) in [6, 6.07) is 11.5. The highest BCUT2D eigenvalue weighted by atomic mass is 16.6. The lowest BCUT2D eigenvalue weighted by Crippen LogP contribution is -2.28. The van der Waals surface area contributed by atoms with Crippen molar-refractivity contribution in [3.63, 3.8) is 0 Å². The van der Waals surface area contributed by atoms with Crippen molar-refractivity contribution in [1.82, 2.24) is 25.1 Å². The Hall–Kier alpha value is -5.29. The number of ether oxygens (including phenoxy) is 1. The van der Waals surface area contributed by atoms with Gasteiger partial charge in [-0.1, -0.05) is 0 Å². The van der Waals surface area contributed by atoms with E-state index >= 15 is 0 Å². The van der Waals surface area contributed by atoms with Gasteiger partial charge in [-0.25, -0.2) is 9.78 Å². The molecule has 4 aromatic rings. The lowest BCUT2D eigenvalue weighted by atomic mass is 10.0. The number of fused-ring (bicyclic) bond motifs is 1. The molecule has 0 radical (unpaired) electrons. The average molecular weight is 551 g/mol. The summed E-state index contributed by atoms with van der Waals surface area (Å²) < 4.78 is 6.79. The molecule has 0 aliphatic carbocycles. The molecule has 2 N–H and O–H groups in total. The van der Waals surface area contributed by atoms with E-state index in [4.69, 9.17) is 4.74 Å². The molecule has 4 rings (SSSR count). The fourth-order valence-electron chi connectivity index (χ4n) is 4.40. The van der Waals surface area contributed by atoms with Gasteiger partial charge in [0.2, 0.25) is 0 Å². The number of pyridine rings is 2. The third-order valence-electron chi connectivity index (χ3n) is 6.17. The fraction of sp³-hybridized carbons (Fsp3) is 0.300. The molecule has 1 aromatic carbocycles. The molecule has 0 saturated carbocycles. The number of rotatable bonds is 6. The number of aryl methyl sites for hydroxylation is 3. The molecule has 0 unspecified atom stereocenters. The maximum absolute atomic E-state index is 13.1. The molecule has 0 fully saturated rings. The van der Waals surface area contributed by atoms with Crippen molar-refractivity contribution in [1.29, 1.82) is 10.5 Å². The van der Waals surface area contributed by atoms with Gasteiger partial charge in [-0.3, -0.25) is 19.8 Å². The number of aromatic nitrogens is 4. The second-order valence-electron chi connectivity index (χ2n) is 10.7. The number of hydrogen-bond donors (Lipinski definition) is 2. The van der Waals surface area contributed by atoms with Crippen molar-refractivity contribution in [2.75, 3.05) is 5.32 Å². The number of nitrogens with one attached hydrogen (secondary N) is 2. The molecule has 2 amide bonds. The van der Waals surface area contributed by atoms with E-state index in [-0.39, 0.29) is 24.3 Å². The van der Waals surface area contributed by atoms with Crippen molar-refractivity contribution in [3.8, 4) is 12.1 Å². The van der Waals surface area contributed by atoms with Gasteiger partial charge in [-0.15, -0.1) is 0 Å². The number of anilines is 1. The molecular weight excluding hydrogens is 520 g/mol. The van der Waals surface area contributed by atoms with Gasteiger partial charge in [0.25, 0.3) is 5.91 Å². The van der Waals surface area contributed by atoms with E-state index in [0.29, 0.717) is 22.6 Å². The molecular formula is C30H30N8O3. The van der Waals surface area contributed by atoms with E-state index in [0.717, 1.165) is 27.6 Å². The molecule has 0 atom stereocenters. The molecule has 11 heteroatoms. The third kappa shape index (κ3) is 6.84. The van der Waals surface area contributed by atoms with Crippen molar-refractivity contribution in [2.45, 2.75) is 60.2 Å². The highest BCUT2D eigenvalue weighted by Gasteiger charge is 2.20. The lowest BCUT2D eigenvalue weighted by molar-refractivity contribution is 0.0635. The standard InChI is InChI=1S/C30H30N8O3/c1-17-7-21-9-20(10-22(11-31)27(21)33-13-17)15-38-16-24(25(12-32)37-38)28(39)34-14-23-18(2)8-26(35-19(23)3)36-29(40)41-30(4,5)6/h7-10,13,16H,14-15H2,1-6H3,(H,34,39)(H,35,36,40). The normalized spacial score (nSPS) is 11.0. The Morgan fingerprint density at radius 2 is 1.83 bits per heavy atom. The highest BCUT2D eigenvalue weighted by Crippen LogP contribution is 2.22. The minimum atomic E-state index is -0.639. The Morgan fingerprint density at radius 1 is 1.07 bits per heavy atom. The number of benzene rings is 1. The van der Waals surface area contributed by atoms with Crippen LogP contribution >= 0.6 is 0 Å². The molecule has 0 bridgehead atoms. The van der Waals surface area contributed by atoms with Crippen LogP contribution < -0.4 is 10.6 Å². The average Bonchev–Trinajstić information content (AvgIpc) is 3.29. The summed E-state index contributed by atoms with van der Waals surface area (Å²) in [4.78, 5) is 34.0. The number of nitrogens with zero attached hydrogens (tertiary/aromatic N) is 6. The van der Waals surface area contributed by atoms with Crippen LogP contribution in [0.15, 0.2) is 36.7 Å². The summed E-state index contributed by atoms with van der Waals surface area (Å²) in [5.74, 6) is -0.116. The summed E-state index contributed by atoms with van der Waals surface area (Å²) in [5.41, 5.74) is 4.53. The number of amides is 2. The van der Waals surface area contributed by atoms with Crippen LogP contribution in [0.3, 0.4) is 0 Å². The first kappa shape index (κ1) is 28.7. The van der Waals surface area contributed by atoms with E-state index in [1.54, 1.807) is 46.0 Å². The summed E-state index contributed by atoms with van der Waals surface area (Å²) in [7, 11) is 0. The predicted octanol–water partition coefficient (Wildman–Crippen LogP) is 4.82. The molecule has 3 heterocycles. The van der Waals surface area contributed by atoms with E-state index in [1.807, 2.05) is 32.0 Å². The minimum Gasteiger partial charge on any atom is -0.444 e. The summed E-state index contributed by atoms with van der Waals surface area (Å²) in [6.07, 6.45) is 2.63. The zero-order chi connectivity index (χ0) is 29.9. The van der Waals surface area contributed by atoms with Crippen molar-refractivity contribution in [3.05, 3.63) is 81.4 Å². The molecule has 208 valence electrons. The van der Waals surface area contributed by atoms with Gasteiger partial charge < -0.3 is 10.1 Å². The van der Waals surface area contributed by atoms with Gasteiger partial charge in [0.1, 0.15) is 23.6 Å². The number of hydrogen-bond acceptors (Lipinski definition) is 8.